The molecule has 1 saturated heterocycles. The second-order valence-electron chi connectivity index (χ2n) is 7.18. The molecule has 26 heavy (non-hydrogen) atoms. The molecule has 5 nitrogen and oxygen atoms in total. The molecule has 9 heteroatoms. The number of alkyl halides is 3. The van der Waals surface area contributed by atoms with Crippen LogP contribution in [0.1, 0.15) is 46.1 Å². The summed E-state index contributed by atoms with van der Waals surface area (Å²) in [5.74, 6) is -0.0986. The fraction of sp³-hybridized carbons (Fsp3) is 0.647. The van der Waals surface area contributed by atoms with E-state index < -0.39 is 29.5 Å². The Kier molecular flexibility index (Phi) is 7.16. The summed E-state index contributed by atoms with van der Waals surface area (Å²) >= 11 is 0. The summed E-state index contributed by atoms with van der Waals surface area (Å²) in [6.45, 7) is 7.48. The number of hydrogen-bond acceptors (Lipinski definition) is 4. The molecule has 1 aliphatic heterocycles. The largest absolute Gasteiger partial charge is 0.472 e. The summed E-state index contributed by atoms with van der Waals surface area (Å²) in [6, 6.07) is 1.74. The minimum absolute atomic E-state index is 0. The third-order valence-electron chi connectivity index (χ3n) is 3.82. The van der Waals surface area contributed by atoms with Crippen LogP contribution in [0.2, 0.25) is 0 Å². The summed E-state index contributed by atoms with van der Waals surface area (Å²) in [4.78, 5) is 17.7. The Hall–Kier alpha value is -1.70. The lowest BCUT2D eigenvalue weighted by molar-refractivity contribution is -0.137. The SMILES string of the molecule is C[C@@H]1CC[C@@H](Oc2cc(C(F)(F)F)ccn2)CN1C(=O)OC(C)(C)C.Cl. The van der Waals surface area contributed by atoms with Gasteiger partial charge in [-0.15, -0.1) is 12.4 Å². The molecule has 0 aromatic carbocycles. The Labute approximate surface area is 157 Å². The number of halogens is 4. The van der Waals surface area contributed by atoms with Crippen LogP contribution < -0.4 is 4.74 Å². The van der Waals surface area contributed by atoms with Gasteiger partial charge in [-0.05, 0) is 46.6 Å². The van der Waals surface area contributed by atoms with Gasteiger partial charge in [0, 0.05) is 18.3 Å². The first-order valence-corrected chi connectivity index (χ1v) is 8.15. The van der Waals surface area contributed by atoms with Crippen molar-refractivity contribution in [1.29, 1.82) is 0 Å². The average molecular weight is 397 g/mol. The van der Waals surface area contributed by atoms with Crippen LogP contribution in [0.5, 0.6) is 5.88 Å². The van der Waals surface area contributed by atoms with Crippen LogP contribution in [-0.4, -0.2) is 40.3 Å². The number of nitrogens with zero attached hydrogens (tertiary/aromatic N) is 2. The van der Waals surface area contributed by atoms with Gasteiger partial charge in [0.1, 0.15) is 11.7 Å². The Morgan fingerprint density at radius 2 is 1.92 bits per heavy atom. The fourth-order valence-corrected chi connectivity index (χ4v) is 2.57. The molecule has 0 N–H and O–H groups in total. The molecular weight excluding hydrogens is 373 g/mol. The van der Waals surface area contributed by atoms with Gasteiger partial charge < -0.3 is 14.4 Å². The van der Waals surface area contributed by atoms with Crippen molar-refractivity contribution in [2.45, 2.75) is 64.5 Å². The van der Waals surface area contributed by atoms with Gasteiger partial charge in [-0.3, -0.25) is 0 Å². The van der Waals surface area contributed by atoms with Crippen LogP contribution in [0, 0.1) is 0 Å². The standard InChI is InChI=1S/C17H23F3N2O3.ClH/c1-11-5-6-13(10-22(11)15(23)25-16(2,3)4)24-14-9-12(7-8-21-14)17(18,19)20;/h7-9,11,13H,5-6,10H2,1-4H3;1H/t11-,13-;/m1./s1. The van der Waals surface area contributed by atoms with E-state index in [-0.39, 0.29) is 30.9 Å². The van der Waals surface area contributed by atoms with E-state index in [1.807, 2.05) is 6.92 Å². The molecule has 1 aromatic heterocycles. The number of rotatable bonds is 2. The van der Waals surface area contributed by atoms with E-state index in [1.165, 1.54) is 0 Å². The maximum Gasteiger partial charge on any atom is 0.416 e. The first-order chi connectivity index (χ1) is 11.5. The van der Waals surface area contributed by atoms with Crippen molar-refractivity contribution in [3.8, 4) is 5.88 Å². The quantitative estimate of drug-likeness (QED) is 0.727. The summed E-state index contributed by atoms with van der Waals surface area (Å²) in [5, 5.41) is 0. The Bertz CT molecular complexity index is 620. The van der Waals surface area contributed by atoms with Gasteiger partial charge in [-0.25, -0.2) is 9.78 Å². The van der Waals surface area contributed by atoms with Crippen molar-refractivity contribution < 1.29 is 27.4 Å². The average Bonchev–Trinajstić information content (AvgIpc) is 2.47. The van der Waals surface area contributed by atoms with Crippen molar-refractivity contribution >= 4 is 18.5 Å². The molecule has 0 bridgehead atoms. The molecule has 148 valence electrons. The topological polar surface area (TPSA) is 51.7 Å². The van der Waals surface area contributed by atoms with E-state index in [2.05, 4.69) is 4.98 Å². The van der Waals surface area contributed by atoms with Gasteiger partial charge in [0.15, 0.2) is 0 Å². The third kappa shape index (κ3) is 6.23. The molecule has 0 unspecified atom stereocenters. The molecular formula is C17H24ClF3N2O3. The number of piperidine rings is 1. The molecule has 0 saturated carbocycles. The first kappa shape index (κ1) is 22.3. The third-order valence-corrected chi connectivity index (χ3v) is 3.82. The van der Waals surface area contributed by atoms with Crippen molar-refractivity contribution in [3.05, 3.63) is 23.9 Å². The molecule has 1 aromatic rings. The highest BCUT2D eigenvalue weighted by Crippen LogP contribution is 2.31. The normalized spacial score (nSPS) is 21.0. The van der Waals surface area contributed by atoms with E-state index in [0.29, 0.717) is 12.8 Å². The number of aromatic nitrogens is 1. The lowest BCUT2D eigenvalue weighted by Crippen LogP contribution is -2.50. The molecule has 1 amide bonds. The van der Waals surface area contributed by atoms with Crippen LogP contribution in [0.15, 0.2) is 18.3 Å². The van der Waals surface area contributed by atoms with Gasteiger partial charge in [-0.1, -0.05) is 0 Å². The highest BCUT2D eigenvalue weighted by Gasteiger charge is 2.34. The maximum absolute atomic E-state index is 12.8. The van der Waals surface area contributed by atoms with Gasteiger partial charge in [-0.2, -0.15) is 13.2 Å². The van der Waals surface area contributed by atoms with Crippen molar-refractivity contribution in [3.63, 3.8) is 0 Å². The van der Waals surface area contributed by atoms with E-state index in [0.717, 1.165) is 18.3 Å². The Morgan fingerprint density at radius 3 is 2.50 bits per heavy atom. The number of ether oxygens (including phenoxy) is 2. The van der Waals surface area contributed by atoms with Crippen LogP contribution in [0.25, 0.3) is 0 Å². The number of likely N-dealkylation sites (tertiary alicyclic amines) is 1. The predicted molar refractivity (Wildman–Crippen MR) is 92.5 cm³/mol. The van der Waals surface area contributed by atoms with Gasteiger partial charge in [0.05, 0.1) is 12.1 Å². The number of pyridine rings is 1. The molecule has 2 atom stereocenters. The Morgan fingerprint density at radius 1 is 1.27 bits per heavy atom. The summed E-state index contributed by atoms with van der Waals surface area (Å²) in [5.41, 5.74) is -1.43. The molecule has 0 aliphatic carbocycles. The zero-order valence-corrected chi connectivity index (χ0v) is 16.0. The van der Waals surface area contributed by atoms with Crippen LogP contribution in [0.3, 0.4) is 0 Å². The minimum atomic E-state index is -4.45. The fourth-order valence-electron chi connectivity index (χ4n) is 2.57. The van der Waals surface area contributed by atoms with Crippen molar-refractivity contribution in [2.75, 3.05) is 6.54 Å². The van der Waals surface area contributed by atoms with Crippen LogP contribution >= 0.6 is 12.4 Å². The monoisotopic (exact) mass is 396 g/mol. The van der Waals surface area contributed by atoms with Crippen LogP contribution in [0.4, 0.5) is 18.0 Å². The molecule has 1 fully saturated rings. The molecule has 0 spiro atoms. The van der Waals surface area contributed by atoms with E-state index >= 15 is 0 Å². The summed E-state index contributed by atoms with van der Waals surface area (Å²) in [6.07, 6.45) is -2.98. The molecule has 2 heterocycles. The zero-order chi connectivity index (χ0) is 18.8. The predicted octanol–water partition coefficient (Wildman–Crippen LogP) is 4.69. The van der Waals surface area contributed by atoms with Gasteiger partial charge >= 0.3 is 12.3 Å². The molecule has 0 radical (unpaired) electrons. The lowest BCUT2D eigenvalue weighted by atomic mass is 10.0. The highest BCUT2D eigenvalue weighted by atomic mass is 35.5. The van der Waals surface area contributed by atoms with E-state index in [9.17, 15) is 18.0 Å². The van der Waals surface area contributed by atoms with Crippen molar-refractivity contribution in [1.82, 2.24) is 9.88 Å². The number of amides is 1. The minimum Gasteiger partial charge on any atom is -0.472 e. The van der Waals surface area contributed by atoms with E-state index in [4.69, 9.17) is 9.47 Å². The maximum atomic E-state index is 12.8. The number of carbonyl (C=O) groups excluding carboxylic acids is 1. The molecule has 1 aliphatic rings. The lowest BCUT2D eigenvalue weighted by Gasteiger charge is -2.38. The summed E-state index contributed by atoms with van der Waals surface area (Å²) in [7, 11) is 0. The number of carbonyl (C=O) groups is 1. The van der Waals surface area contributed by atoms with E-state index in [1.54, 1.807) is 25.7 Å². The van der Waals surface area contributed by atoms with Crippen molar-refractivity contribution in [2.24, 2.45) is 0 Å². The number of hydrogen-bond donors (Lipinski definition) is 0. The summed E-state index contributed by atoms with van der Waals surface area (Å²) < 4.78 is 49.3. The smallest absolute Gasteiger partial charge is 0.416 e. The zero-order valence-electron chi connectivity index (χ0n) is 15.2. The second-order valence-corrected chi connectivity index (χ2v) is 7.18. The Balaban J connectivity index is 0.00000338. The van der Waals surface area contributed by atoms with Crippen LogP contribution in [-0.2, 0) is 10.9 Å². The highest BCUT2D eigenvalue weighted by molar-refractivity contribution is 5.85. The van der Waals surface area contributed by atoms with Gasteiger partial charge in [0.25, 0.3) is 0 Å². The van der Waals surface area contributed by atoms with Gasteiger partial charge in [0.2, 0.25) is 5.88 Å². The first-order valence-electron chi connectivity index (χ1n) is 8.15. The second kappa shape index (κ2) is 8.33. The molecule has 2 rings (SSSR count).